The molecule has 0 aliphatic heterocycles. The maximum Gasteiger partial charge on any atom is 0.432 e. The zero-order valence-electron chi connectivity index (χ0n) is 12.7. The van der Waals surface area contributed by atoms with Crippen LogP contribution in [0.4, 0.5) is 13.2 Å². The summed E-state index contributed by atoms with van der Waals surface area (Å²) >= 11 is 5.79. The topological polar surface area (TPSA) is 55.0 Å². The third-order valence-electron chi connectivity index (χ3n) is 3.37. The van der Waals surface area contributed by atoms with E-state index in [1.807, 2.05) is 0 Å². The van der Waals surface area contributed by atoms with Crippen molar-refractivity contribution in [1.29, 1.82) is 5.26 Å². The summed E-state index contributed by atoms with van der Waals surface area (Å²) in [7, 11) is 1.15. The first-order valence-electron chi connectivity index (χ1n) is 6.85. The van der Waals surface area contributed by atoms with E-state index in [1.165, 1.54) is 31.2 Å². The van der Waals surface area contributed by atoms with E-state index in [-0.39, 0.29) is 17.9 Å². The number of carbonyl (C=O) groups is 1. The van der Waals surface area contributed by atoms with Gasteiger partial charge in [-0.15, -0.1) is 0 Å². The number of nitriles is 1. The lowest BCUT2D eigenvalue weighted by Crippen LogP contribution is -2.18. The molecule has 0 atom stereocenters. The summed E-state index contributed by atoms with van der Waals surface area (Å²) in [5.74, 6) is -1.18. The van der Waals surface area contributed by atoms with Gasteiger partial charge in [0.2, 0.25) is 0 Å². The Morgan fingerprint density at radius 1 is 1.33 bits per heavy atom. The summed E-state index contributed by atoms with van der Waals surface area (Å²) in [4.78, 5) is 12.0. The first-order chi connectivity index (χ1) is 11.2. The van der Waals surface area contributed by atoms with Gasteiger partial charge < -0.3 is 9.30 Å². The maximum atomic E-state index is 13.5. The van der Waals surface area contributed by atoms with E-state index < -0.39 is 23.4 Å². The summed E-state index contributed by atoms with van der Waals surface area (Å²) < 4.78 is 45.9. The number of rotatable bonds is 3. The molecule has 4 nitrogen and oxygen atoms in total. The Kier molecular flexibility index (Phi) is 4.90. The second-order valence-electron chi connectivity index (χ2n) is 4.84. The van der Waals surface area contributed by atoms with Gasteiger partial charge in [0.05, 0.1) is 17.9 Å². The molecule has 1 heterocycles. The van der Waals surface area contributed by atoms with Crippen molar-refractivity contribution in [2.75, 3.05) is 6.61 Å². The highest BCUT2D eigenvalue weighted by atomic mass is 35.5. The number of halogens is 4. The van der Waals surface area contributed by atoms with Crippen LogP contribution in [0.5, 0.6) is 0 Å². The Labute approximate surface area is 141 Å². The van der Waals surface area contributed by atoms with Crippen LogP contribution in [0.25, 0.3) is 11.3 Å². The van der Waals surface area contributed by atoms with Gasteiger partial charge in [0.15, 0.2) is 0 Å². The number of esters is 1. The van der Waals surface area contributed by atoms with Crippen molar-refractivity contribution >= 4 is 17.6 Å². The largest absolute Gasteiger partial charge is 0.462 e. The summed E-state index contributed by atoms with van der Waals surface area (Å²) in [5.41, 5.74) is -2.07. The van der Waals surface area contributed by atoms with Crippen LogP contribution >= 0.6 is 11.6 Å². The molecular formula is C16H12ClF3N2O2. The fourth-order valence-electron chi connectivity index (χ4n) is 2.47. The Morgan fingerprint density at radius 3 is 2.38 bits per heavy atom. The fraction of sp³-hybridized carbons (Fsp3) is 0.250. The van der Waals surface area contributed by atoms with Crippen molar-refractivity contribution in [3.05, 3.63) is 46.1 Å². The molecule has 1 aromatic heterocycles. The standard InChI is InChI=1S/C16H12ClF3N2O2/c1-3-24-15(23)12-11(8-21)13(9-4-6-10(17)7-5-9)22(2)14(12)16(18,19)20/h4-7H,3H2,1-2H3. The van der Waals surface area contributed by atoms with E-state index in [0.717, 1.165) is 11.6 Å². The average molecular weight is 357 g/mol. The Hall–Kier alpha value is -2.46. The van der Waals surface area contributed by atoms with Gasteiger partial charge in [0.25, 0.3) is 0 Å². The van der Waals surface area contributed by atoms with E-state index in [1.54, 1.807) is 6.07 Å². The lowest BCUT2D eigenvalue weighted by molar-refractivity contribution is -0.143. The summed E-state index contributed by atoms with van der Waals surface area (Å²) in [6, 6.07) is 7.63. The smallest absolute Gasteiger partial charge is 0.432 e. The van der Waals surface area contributed by atoms with Crippen molar-refractivity contribution < 1.29 is 22.7 Å². The number of hydrogen-bond donors (Lipinski definition) is 0. The minimum atomic E-state index is -4.83. The lowest BCUT2D eigenvalue weighted by Gasteiger charge is -2.12. The molecule has 8 heteroatoms. The number of aromatic nitrogens is 1. The molecule has 0 unspecified atom stereocenters. The Bertz CT molecular complexity index is 818. The van der Waals surface area contributed by atoms with Crippen LogP contribution in [0.15, 0.2) is 24.3 Å². The fourth-order valence-corrected chi connectivity index (χ4v) is 2.60. The van der Waals surface area contributed by atoms with E-state index in [0.29, 0.717) is 10.6 Å². The number of nitrogens with zero attached hydrogens (tertiary/aromatic N) is 2. The Balaban J connectivity index is 2.84. The van der Waals surface area contributed by atoms with Crippen molar-refractivity contribution in [3.63, 3.8) is 0 Å². The van der Waals surface area contributed by atoms with Crippen molar-refractivity contribution in [2.45, 2.75) is 13.1 Å². The highest BCUT2D eigenvalue weighted by Gasteiger charge is 2.43. The second-order valence-corrected chi connectivity index (χ2v) is 5.28. The molecule has 0 saturated carbocycles. The molecule has 2 rings (SSSR count). The molecule has 0 radical (unpaired) electrons. The van der Waals surface area contributed by atoms with Gasteiger partial charge in [-0.1, -0.05) is 23.7 Å². The SMILES string of the molecule is CCOC(=O)c1c(C#N)c(-c2ccc(Cl)cc2)n(C)c1C(F)(F)F. The van der Waals surface area contributed by atoms with Gasteiger partial charge in [-0.25, -0.2) is 4.79 Å². The van der Waals surface area contributed by atoms with Crippen molar-refractivity contribution in [1.82, 2.24) is 4.57 Å². The molecule has 0 bridgehead atoms. The van der Waals surface area contributed by atoms with Crippen LogP contribution in [0.3, 0.4) is 0 Å². The monoisotopic (exact) mass is 356 g/mol. The molecule has 0 amide bonds. The van der Waals surface area contributed by atoms with Gasteiger partial charge >= 0.3 is 12.1 Å². The molecule has 0 N–H and O–H groups in total. The molecule has 1 aromatic carbocycles. The average Bonchev–Trinajstić information content (AvgIpc) is 2.81. The van der Waals surface area contributed by atoms with Crippen LogP contribution in [0.2, 0.25) is 5.02 Å². The highest BCUT2D eigenvalue weighted by molar-refractivity contribution is 6.30. The van der Waals surface area contributed by atoms with E-state index in [4.69, 9.17) is 16.3 Å². The van der Waals surface area contributed by atoms with E-state index >= 15 is 0 Å². The van der Waals surface area contributed by atoms with Gasteiger partial charge in [0, 0.05) is 12.1 Å². The number of hydrogen-bond acceptors (Lipinski definition) is 3. The van der Waals surface area contributed by atoms with E-state index in [9.17, 15) is 23.2 Å². The zero-order chi connectivity index (χ0) is 18.1. The molecule has 0 aliphatic rings. The minimum Gasteiger partial charge on any atom is -0.462 e. The Morgan fingerprint density at radius 2 is 1.92 bits per heavy atom. The van der Waals surface area contributed by atoms with Crippen LogP contribution in [0, 0.1) is 11.3 Å². The van der Waals surface area contributed by atoms with Gasteiger partial charge in [0.1, 0.15) is 17.3 Å². The van der Waals surface area contributed by atoms with Crippen LogP contribution < -0.4 is 0 Å². The third kappa shape index (κ3) is 3.10. The van der Waals surface area contributed by atoms with Crippen molar-refractivity contribution in [2.24, 2.45) is 7.05 Å². The molecular weight excluding hydrogens is 345 g/mol. The van der Waals surface area contributed by atoms with Crippen LogP contribution in [0.1, 0.15) is 28.5 Å². The number of ether oxygens (including phenoxy) is 1. The first-order valence-corrected chi connectivity index (χ1v) is 7.23. The van der Waals surface area contributed by atoms with Crippen LogP contribution in [-0.4, -0.2) is 17.1 Å². The number of benzene rings is 1. The lowest BCUT2D eigenvalue weighted by atomic mass is 10.0. The molecule has 24 heavy (non-hydrogen) atoms. The predicted octanol–water partition coefficient (Wildman–Crippen LogP) is 4.41. The number of carbonyl (C=O) groups excluding carboxylic acids is 1. The molecule has 0 fully saturated rings. The third-order valence-corrected chi connectivity index (χ3v) is 3.62. The first kappa shape index (κ1) is 17.9. The summed E-state index contributed by atoms with van der Waals surface area (Å²) in [6.07, 6.45) is -4.83. The molecule has 0 spiro atoms. The normalized spacial score (nSPS) is 11.2. The maximum absolute atomic E-state index is 13.5. The molecule has 0 aliphatic carbocycles. The summed E-state index contributed by atoms with van der Waals surface area (Å²) in [6.45, 7) is 1.37. The second kappa shape index (κ2) is 6.57. The van der Waals surface area contributed by atoms with Crippen LogP contribution in [-0.2, 0) is 18.0 Å². The quantitative estimate of drug-likeness (QED) is 0.765. The predicted molar refractivity (Wildman–Crippen MR) is 81.5 cm³/mol. The van der Waals surface area contributed by atoms with Gasteiger partial charge in [-0.2, -0.15) is 18.4 Å². The minimum absolute atomic E-state index is 0.0236. The number of alkyl halides is 3. The molecule has 2 aromatic rings. The molecule has 126 valence electrons. The zero-order valence-corrected chi connectivity index (χ0v) is 13.5. The van der Waals surface area contributed by atoms with Crippen molar-refractivity contribution in [3.8, 4) is 17.3 Å². The van der Waals surface area contributed by atoms with Gasteiger partial charge in [-0.05, 0) is 24.6 Å². The molecule has 0 saturated heterocycles. The summed E-state index contributed by atoms with van der Waals surface area (Å²) in [5, 5.41) is 9.77. The van der Waals surface area contributed by atoms with Gasteiger partial charge in [-0.3, -0.25) is 0 Å². The van der Waals surface area contributed by atoms with E-state index in [2.05, 4.69) is 0 Å². The highest BCUT2D eigenvalue weighted by Crippen LogP contribution is 2.40.